The minimum absolute atomic E-state index is 0.131. The molecule has 0 aliphatic carbocycles. The molecule has 0 atom stereocenters. The third kappa shape index (κ3) is 8.60. The van der Waals surface area contributed by atoms with Crippen LogP contribution in [0.5, 0.6) is 0 Å². The molecule has 0 saturated carbocycles. The summed E-state index contributed by atoms with van der Waals surface area (Å²) in [6.45, 7) is 0.218. The molecule has 12 nitrogen and oxygen atoms in total. The van der Waals surface area contributed by atoms with E-state index in [1.165, 1.54) is 0 Å². The molecule has 0 aliphatic heterocycles. The largest absolute Gasteiger partial charge is 0.465 e. The molecule has 0 fully saturated rings. The number of primary amides is 2. The molecule has 0 spiro atoms. The van der Waals surface area contributed by atoms with Crippen LogP contribution in [0.3, 0.4) is 0 Å². The van der Waals surface area contributed by atoms with Crippen LogP contribution < -0.4 is 27.4 Å². The lowest BCUT2D eigenvalue weighted by molar-refractivity contribution is -0.115. The molecule has 3 amide bonds. The number of aryl methyl sites for hydroxylation is 1. The number of benzene rings is 3. The number of carbonyl (C=O) groups excluding carboxylic acids is 1. The van der Waals surface area contributed by atoms with Crippen LogP contribution in [0.15, 0.2) is 97.2 Å². The minimum atomic E-state index is -1.33. The van der Waals surface area contributed by atoms with Crippen molar-refractivity contribution in [1.82, 2.24) is 15.1 Å². The average molecular weight is 548 g/mol. The third-order valence-electron chi connectivity index (χ3n) is 5.48. The van der Waals surface area contributed by atoms with Crippen LogP contribution >= 0.6 is 0 Å². The van der Waals surface area contributed by atoms with E-state index in [1.54, 1.807) is 17.9 Å². The lowest BCUT2D eigenvalue weighted by Crippen LogP contribution is -2.39. The molecule has 40 heavy (non-hydrogen) atoms. The second kappa shape index (κ2) is 15.1. The highest BCUT2D eigenvalue weighted by Crippen LogP contribution is 2.41. The first-order valence-electron chi connectivity index (χ1n) is 12.0. The van der Waals surface area contributed by atoms with Gasteiger partial charge in [-0.25, -0.2) is 9.59 Å². The number of carbonyl (C=O) groups is 3. The summed E-state index contributed by atoms with van der Waals surface area (Å²) in [5, 5.41) is 28.4. The van der Waals surface area contributed by atoms with Crippen LogP contribution in [0.25, 0.3) is 0 Å². The normalized spacial score (nSPS) is 10.2. The van der Waals surface area contributed by atoms with Crippen molar-refractivity contribution in [2.24, 2.45) is 18.5 Å². The zero-order valence-corrected chi connectivity index (χ0v) is 22.1. The lowest BCUT2D eigenvalue weighted by Gasteiger charge is -2.38. The summed E-state index contributed by atoms with van der Waals surface area (Å²) in [6, 6.07) is 30.9. The summed E-state index contributed by atoms with van der Waals surface area (Å²) in [7, 11) is 3.61. The molecule has 1 aromatic heterocycles. The van der Waals surface area contributed by atoms with E-state index >= 15 is 0 Å². The summed E-state index contributed by atoms with van der Waals surface area (Å²) in [5.74, 6) is 0.583. The van der Waals surface area contributed by atoms with E-state index in [9.17, 15) is 4.79 Å². The number of carboxylic acid groups (broad SMARTS) is 2. The van der Waals surface area contributed by atoms with Crippen molar-refractivity contribution in [1.29, 1.82) is 0 Å². The summed E-state index contributed by atoms with van der Waals surface area (Å²) in [5.41, 5.74) is 11.2. The van der Waals surface area contributed by atoms with Gasteiger partial charge in [0, 0.05) is 7.05 Å². The number of hydrogen-bond donors (Lipinski definition) is 7. The number of hydrogen-bond acceptors (Lipinski definition) is 6. The number of aromatic nitrogens is 2. The SMILES string of the molecule is CNCC(=O)Nc1cnn(C)c1NC(c1ccccc1)(c1ccccc1)c1ccccc1.NC(=O)O.NC(=O)O. The Morgan fingerprint density at radius 1 is 0.800 bits per heavy atom. The highest BCUT2D eigenvalue weighted by Gasteiger charge is 2.37. The van der Waals surface area contributed by atoms with Gasteiger partial charge in [0.05, 0.1) is 12.7 Å². The maximum Gasteiger partial charge on any atom is 0.402 e. The monoisotopic (exact) mass is 547 g/mol. The highest BCUT2D eigenvalue weighted by molar-refractivity contribution is 5.95. The number of likely N-dealkylation sites (N-methyl/N-ethyl adjacent to an activating group) is 1. The van der Waals surface area contributed by atoms with Gasteiger partial charge in [0.15, 0.2) is 0 Å². The van der Waals surface area contributed by atoms with Crippen molar-refractivity contribution in [2.75, 3.05) is 24.2 Å². The fourth-order valence-corrected chi connectivity index (χ4v) is 3.99. The molecule has 1 heterocycles. The van der Waals surface area contributed by atoms with E-state index in [0.717, 1.165) is 16.7 Å². The van der Waals surface area contributed by atoms with E-state index < -0.39 is 17.7 Å². The fraction of sp³-hybridized carbons (Fsp3) is 0.143. The van der Waals surface area contributed by atoms with Crippen LogP contribution in [0.4, 0.5) is 21.1 Å². The first kappa shape index (κ1) is 30.9. The fourth-order valence-electron chi connectivity index (χ4n) is 3.99. The number of amides is 3. The zero-order chi connectivity index (χ0) is 29.5. The van der Waals surface area contributed by atoms with Gasteiger partial charge in [-0.2, -0.15) is 5.10 Å². The Balaban J connectivity index is 0.000000621. The number of nitrogens with zero attached hydrogens (tertiary/aromatic N) is 2. The molecule has 12 heteroatoms. The number of nitrogens with one attached hydrogen (secondary N) is 3. The Labute approximate surface area is 231 Å². The second-order valence-electron chi connectivity index (χ2n) is 8.26. The van der Waals surface area contributed by atoms with Crippen LogP contribution in [-0.2, 0) is 17.4 Å². The van der Waals surface area contributed by atoms with Crippen molar-refractivity contribution in [3.63, 3.8) is 0 Å². The van der Waals surface area contributed by atoms with Crippen molar-refractivity contribution >= 4 is 29.6 Å². The van der Waals surface area contributed by atoms with E-state index in [0.29, 0.717) is 11.5 Å². The third-order valence-corrected chi connectivity index (χ3v) is 5.48. The average Bonchev–Trinajstić information content (AvgIpc) is 3.26. The first-order chi connectivity index (χ1) is 19.1. The summed E-state index contributed by atoms with van der Waals surface area (Å²) in [6.07, 6.45) is -0.998. The van der Waals surface area contributed by atoms with Crippen LogP contribution in [0.2, 0.25) is 0 Å². The van der Waals surface area contributed by atoms with Crippen molar-refractivity contribution < 1.29 is 24.6 Å². The van der Waals surface area contributed by atoms with Gasteiger partial charge in [-0.15, -0.1) is 0 Å². The zero-order valence-electron chi connectivity index (χ0n) is 22.1. The van der Waals surface area contributed by atoms with E-state index in [2.05, 4.69) is 68.9 Å². The number of anilines is 2. The van der Waals surface area contributed by atoms with Gasteiger partial charge in [0.1, 0.15) is 17.0 Å². The molecule has 0 bridgehead atoms. The van der Waals surface area contributed by atoms with Gasteiger partial charge in [0.2, 0.25) is 5.91 Å². The van der Waals surface area contributed by atoms with Crippen LogP contribution in [0.1, 0.15) is 16.7 Å². The molecular weight excluding hydrogens is 514 g/mol. The van der Waals surface area contributed by atoms with Gasteiger partial charge < -0.3 is 37.6 Å². The van der Waals surface area contributed by atoms with Crippen LogP contribution in [0, 0.1) is 0 Å². The van der Waals surface area contributed by atoms with Gasteiger partial charge in [-0.1, -0.05) is 91.0 Å². The van der Waals surface area contributed by atoms with Gasteiger partial charge in [-0.05, 0) is 23.7 Å². The Hall–Kier alpha value is -5.36. The van der Waals surface area contributed by atoms with Gasteiger partial charge >= 0.3 is 12.2 Å². The van der Waals surface area contributed by atoms with Crippen LogP contribution in [-0.4, -0.2) is 51.7 Å². The molecule has 4 rings (SSSR count). The predicted octanol–water partition coefficient (Wildman–Crippen LogP) is 3.23. The van der Waals surface area contributed by atoms with Crippen molar-refractivity contribution in [3.05, 3.63) is 114 Å². The standard InChI is InChI=1S/C26H27N5O.2CH3NO2/c1-27-19-24(32)29-23-18-28-31(2)25(23)30-26(20-12-6-3-7-13-20,21-14-8-4-9-15-21)22-16-10-5-11-17-22;2*2-1(3)4/h3-18,27,30H,19H2,1-2H3,(H,29,32);2*2H2,(H,3,4). The quantitative estimate of drug-likeness (QED) is 0.163. The molecule has 0 saturated heterocycles. The van der Waals surface area contributed by atoms with E-state index in [1.807, 2.05) is 61.6 Å². The molecule has 0 unspecified atom stereocenters. The maximum absolute atomic E-state index is 12.3. The molecular formula is C28H33N7O5. The number of rotatable bonds is 8. The molecule has 0 aliphatic rings. The minimum Gasteiger partial charge on any atom is -0.465 e. The Bertz CT molecular complexity index is 1250. The molecule has 3 aromatic carbocycles. The smallest absolute Gasteiger partial charge is 0.402 e. The molecule has 0 radical (unpaired) electrons. The highest BCUT2D eigenvalue weighted by atomic mass is 16.4. The van der Waals surface area contributed by atoms with E-state index in [4.69, 9.17) is 19.8 Å². The lowest BCUT2D eigenvalue weighted by atomic mass is 9.77. The summed E-state index contributed by atoms with van der Waals surface area (Å²) in [4.78, 5) is 29.9. The molecule has 9 N–H and O–H groups in total. The van der Waals surface area contributed by atoms with Crippen molar-refractivity contribution in [3.8, 4) is 0 Å². The Morgan fingerprint density at radius 2 is 1.18 bits per heavy atom. The Kier molecular flexibility index (Phi) is 11.7. The second-order valence-corrected chi connectivity index (χ2v) is 8.26. The maximum atomic E-state index is 12.3. The topological polar surface area (TPSA) is 198 Å². The number of nitrogens with two attached hydrogens (primary N) is 2. The molecule has 4 aromatic rings. The summed E-state index contributed by atoms with van der Waals surface area (Å²) < 4.78 is 1.75. The summed E-state index contributed by atoms with van der Waals surface area (Å²) >= 11 is 0. The van der Waals surface area contributed by atoms with Crippen molar-refractivity contribution in [2.45, 2.75) is 5.54 Å². The Morgan fingerprint density at radius 3 is 1.52 bits per heavy atom. The molecule has 210 valence electrons. The van der Waals surface area contributed by atoms with Gasteiger partial charge in [0.25, 0.3) is 0 Å². The van der Waals surface area contributed by atoms with E-state index in [-0.39, 0.29) is 12.5 Å². The predicted molar refractivity (Wildman–Crippen MR) is 153 cm³/mol. The first-order valence-corrected chi connectivity index (χ1v) is 12.0. The van der Waals surface area contributed by atoms with Gasteiger partial charge in [-0.3, -0.25) is 9.48 Å².